The number of aliphatic hydroxyl groups excluding tert-OH is 4. The molecule has 0 aromatic heterocycles. The lowest BCUT2D eigenvalue weighted by atomic mass is 10.2. The number of hydrogen-bond donors (Lipinski definition) is 6. The standard InChI is InChI=1S/C6H10O4.2C6H14O2/c7-5(8)3-1-2-4-6(9)10;2*7-5-3-1-2-4-6-8/h1-4H2,(H,7,8)(H,9,10);2*7-8H,1-6H2. The number of unbranched alkanes of at least 4 members (excludes halogenated alkanes) is 7. The molecule has 0 saturated carbocycles. The molecule has 0 aliphatic heterocycles. The minimum Gasteiger partial charge on any atom is -0.481 e. The normalized spacial score (nSPS) is 9.54. The van der Waals surface area contributed by atoms with E-state index in [9.17, 15) is 9.59 Å². The van der Waals surface area contributed by atoms with Crippen molar-refractivity contribution in [2.24, 2.45) is 0 Å². The van der Waals surface area contributed by atoms with Crippen molar-refractivity contribution in [1.29, 1.82) is 0 Å². The maximum Gasteiger partial charge on any atom is 0.303 e. The first kappa shape index (κ1) is 29.5. The van der Waals surface area contributed by atoms with Crippen LogP contribution in [0.25, 0.3) is 0 Å². The molecular weight excluding hydrogens is 344 g/mol. The zero-order valence-corrected chi connectivity index (χ0v) is 15.8. The van der Waals surface area contributed by atoms with Crippen molar-refractivity contribution < 1.29 is 40.2 Å². The van der Waals surface area contributed by atoms with Gasteiger partial charge < -0.3 is 30.6 Å². The van der Waals surface area contributed by atoms with E-state index in [-0.39, 0.29) is 39.3 Å². The first-order chi connectivity index (χ1) is 12.5. The summed E-state index contributed by atoms with van der Waals surface area (Å²) in [4.78, 5) is 19.8. The Morgan fingerprint density at radius 1 is 0.423 bits per heavy atom. The lowest BCUT2D eigenvalue weighted by Gasteiger charge is -1.93. The van der Waals surface area contributed by atoms with Crippen LogP contribution in [0.15, 0.2) is 0 Å². The Balaban J connectivity index is -0.000000308. The number of rotatable bonds is 15. The van der Waals surface area contributed by atoms with E-state index in [1.54, 1.807) is 0 Å². The van der Waals surface area contributed by atoms with Gasteiger partial charge in [-0.2, -0.15) is 0 Å². The Bertz CT molecular complexity index is 244. The van der Waals surface area contributed by atoms with Crippen molar-refractivity contribution >= 4 is 11.9 Å². The zero-order chi connectivity index (χ0) is 20.5. The Hall–Kier alpha value is -1.22. The van der Waals surface area contributed by atoms with Gasteiger partial charge in [0.1, 0.15) is 0 Å². The molecule has 0 aliphatic carbocycles. The van der Waals surface area contributed by atoms with E-state index in [0.717, 1.165) is 51.4 Å². The fourth-order valence-electron chi connectivity index (χ4n) is 1.71. The van der Waals surface area contributed by atoms with Crippen LogP contribution >= 0.6 is 0 Å². The van der Waals surface area contributed by atoms with Gasteiger partial charge in [0.05, 0.1) is 0 Å². The molecule has 0 aliphatic rings. The van der Waals surface area contributed by atoms with Crippen LogP contribution in [-0.2, 0) is 9.59 Å². The average molecular weight is 382 g/mol. The molecule has 0 atom stereocenters. The van der Waals surface area contributed by atoms with Crippen LogP contribution in [0.5, 0.6) is 0 Å². The Labute approximate surface area is 156 Å². The Morgan fingerprint density at radius 2 is 0.654 bits per heavy atom. The molecule has 0 radical (unpaired) electrons. The third-order valence-electron chi connectivity index (χ3n) is 3.16. The van der Waals surface area contributed by atoms with Crippen LogP contribution in [-0.4, -0.2) is 69.0 Å². The molecule has 26 heavy (non-hydrogen) atoms. The highest BCUT2D eigenvalue weighted by Crippen LogP contribution is 1.99. The van der Waals surface area contributed by atoms with Gasteiger partial charge in [-0.05, 0) is 38.5 Å². The van der Waals surface area contributed by atoms with Crippen LogP contribution < -0.4 is 0 Å². The molecule has 0 rings (SSSR count). The van der Waals surface area contributed by atoms with Crippen molar-refractivity contribution in [3.63, 3.8) is 0 Å². The summed E-state index contributed by atoms with van der Waals surface area (Å²) >= 11 is 0. The van der Waals surface area contributed by atoms with Crippen LogP contribution in [0.1, 0.15) is 77.0 Å². The predicted octanol–water partition coefficient (Wildman–Crippen LogP) is 1.78. The van der Waals surface area contributed by atoms with Crippen molar-refractivity contribution in [3.8, 4) is 0 Å². The van der Waals surface area contributed by atoms with Crippen LogP contribution in [0, 0.1) is 0 Å². The van der Waals surface area contributed by atoms with Gasteiger partial charge in [-0.25, -0.2) is 0 Å². The van der Waals surface area contributed by atoms with E-state index in [1.165, 1.54) is 0 Å². The Kier molecular flexibility index (Phi) is 32.5. The maximum atomic E-state index is 9.90. The van der Waals surface area contributed by atoms with E-state index in [0.29, 0.717) is 12.8 Å². The average Bonchev–Trinajstić information content (AvgIpc) is 2.60. The Morgan fingerprint density at radius 3 is 0.808 bits per heavy atom. The zero-order valence-electron chi connectivity index (χ0n) is 15.8. The SMILES string of the molecule is O=C(O)CCCCC(=O)O.OCCCCCCO.OCCCCCCO. The number of carbonyl (C=O) groups is 2. The molecular formula is C18H38O8. The van der Waals surface area contributed by atoms with Gasteiger partial charge in [0.25, 0.3) is 0 Å². The van der Waals surface area contributed by atoms with E-state index < -0.39 is 11.9 Å². The summed E-state index contributed by atoms with van der Waals surface area (Å²) in [5, 5.41) is 49.5. The second-order valence-corrected chi connectivity index (χ2v) is 5.72. The number of hydrogen-bond acceptors (Lipinski definition) is 6. The third-order valence-corrected chi connectivity index (χ3v) is 3.16. The molecule has 158 valence electrons. The summed E-state index contributed by atoms with van der Waals surface area (Å²) in [6.45, 7) is 1.13. The lowest BCUT2D eigenvalue weighted by molar-refractivity contribution is -0.139. The number of carboxylic acid groups (broad SMARTS) is 2. The van der Waals surface area contributed by atoms with Crippen LogP contribution in [0.2, 0.25) is 0 Å². The van der Waals surface area contributed by atoms with Crippen molar-refractivity contribution in [3.05, 3.63) is 0 Å². The second kappa shape index (κ2) is 28.6. The fourth-order valence-corrected chi connectivity index (χ4v) is 1.71. The van der Waals surface area contributed by atoms with Gasteiger partial charge in [0.15, 0.2) is 0 Å². The van der Waals surface area contributed by atoms with E-state index in [2.05, 4.69) is 0 Å². The summed E-state index contributed by atoms with van der Waals surface area (Å²) in [7, 11) is 0. The summed E-state index contributed by atoms with van der Waals surface area (Å²) in [6, 6.07) is 0. The fraction of sp³-hybridized carbons (Fsp3) is 0.889. The highest BCUT2D eigenvalue weighted by atomic mass is 16.4. The molecule has 0 aromatic rings. The minimum absolute atomic E-state index is 0.0628. The number of aliphatic carboxylic acids is 2. The van der Waals surface area contributed by atoms with Gasteiger partial charge in [0, 0.05) is 39.3 Å². The topological polar surface area (TPSA) is 156 Å². The highest BCUT2D eigenvalue weighted by molar-refractivity contribution is 5.67. The molecule has 0 fully saturated rings. The largest absolute Gasteiger partial charge is 0.481 e. The highest BCUT2D eigenvalue weighted by Gasteiger charge is 1.99. The monoisotopic (exact) mass is 382 g/mol. The summed E-state index contributed by atoms with van der Waals surface area (Å²) in [6.07, 6.45) is 8.67. The van der Waals surface area contributed by atoms with Gasteiger partial charge in [-0.3, -0.25) is 9.59 Å². The number of carboxylic acids is 2. The summed E-state index contributed by atoms with van der Waals surface area (Å²) < 4.78 is 0. The molecule has 8 nitrogen and oxygen atoms in total. The lowest BCUT2D eigenvalue weighted by Crippen LogP contribution is -1.97. The molecule has 8 heteroatoms. The maximum absolute atomic E-state index is 9.90. The molecule has 0 saturated heterocycles. The van der Waals surface area contributed by atoms with E-state index in [4.69, 9.17) is 30.6 Å². The minimum atomic E-state index is -0.870. The first-order valence-corrected chi connectivity index (χ1v) is 9.33. The molecule has 6 N–H and O–H groups in total. The smallest absolute Gasteiger partial charge is 0.303 e. The van der Waals surface area contributed by atoms with Gasteiger partial charge in [0.2, 0.25) is 0 Å². The van der Waals surface area contributed by atoms with Crippen LogP contribution in [0.4, 0.5) is 0 Å². The van der Waals surface area contributed by atoms with Crippen molar-refractivity contribution in [2.45, 2.75) is 77.0 Å². The summed E-state index contributed by atoms with van der Waals surface area (Å²) in [5.41, 5.74) is 0. The molecule has 0 unspecified atom stereocenters. The second-order valence-electron chi connectivity index (χ2n) is 5.72. The van der Waals surface area contributed by atoms with Gasteiger partial charge in [-0.1, -0.05) is 25.7 Å². The van der Waals surface area contributed by atoms with Crippen LogP contribution in [0.3, 0.4) is 0 Å². The molecule has 0 bridgehead atoms. The first-order valence-electron chi connectivity index (χ1n) is 9.33. The molecule has 0 spiro atoms. The number of aliphatic hydroxyl groups is 4. The van der Waals surface area contributed by atoms with Crippen molar-refractivity contribution in [1.82, 2.24) is 0 Å². The van der Waals surface area contributed by atoms with Crippen molar-refractivity contribution in [2.75, 3.05) is 26.4 Å². The molecule has 0 amide bonds. The third kappa shape index (κ3) is 43.4. The van der Waals surface area contributed by atoms with Gasteiger partial charge in [-0.15, -0.1) is 0 Å². The molecule has 0 heterocycles. The quantitative estimate of drug-likeness (QED) is 0.234. The molecule has 0 aromatic carbocycles. The van der Waals surface area contributed by atoms with E-state index >= 15 is 0 Å². The summed E-state index contributed by atoms with van der Waals surface area (Å²) in [5.74, 6) is -1.74. The predicted molar refractivity (Wildman–Crippen MR) is 99.0 cm³/mol. The van der Waals surface area contributed by atoms with Gasteiger partial charge >= 0.3 is 11.9 Å². The van der Waals surface area contributed by atoms with E-state index in [1.807, 2.05) is 0 Å².